The number of aromatic nitrogens is 1. The van der Waals surface area contributed by atoms with E-state index in [1.54, 1.807) is 0 Å². The average molecular weight is 397 g/mol. The lowest BCUT2D eigenvalue weighted by atomic mass is 10.2. The molecule has 7 heteroatoms. The minimum absolute atomic E-state index is 0.250. The lowest BCUT2D eigenvalue weighted by Gasteiger charge is -2.19. The van der Waals surface area contributed by atoms with Gasteiger partial charge in [0.25, 0.3) is 0 Å². The van der Waals surface area contributed by atoms with Crippen LogP contribution in [0.4, 0.5) is 0 Å². The number of benzene rings is 2. The normalized spacial score (nSPS) is 11.7. The fourth-order valence-corrected chi connectivity index (χ4v) is 5.11. The van der Waals surface area contributed by atoms with Crippen LogP contribution in [-0.4, -0.2) is 18.0 Å². The summed E-state index contributed by atoms with van der Waals surface area (Å²) < 4.78 is 6.10. The zero-order valence-corrected chi connectivity index (χ0v) is 16.3. The number of aryl methyl sites for hydroxylation is 1. The molecule has 2 aromatic carbocycles. The summed E-state index contributed by atoms with van der Waals surface area (Å²) >= 11 is 12.6. The fraction of sp³-hybridized carbons (Fsp3) is 0.167. The molecule has 1 atom stereocenters. The molecule has 3 rings (SSSR count). The first-order valence-electron chi connectivity index (χ1n) is 7.64. The van der Waals surface area contributed by atoms with Crippen LogP contribution in [0.25, 0.3) is 10.9 Å². The van der Waals surface area contributed by atoms with Crippen molar-refractivity contribution in [1.82, 2.24) is 4.98 Å². The van der Waals surface area contributed by atoms with Crippen molar-refractivity contribution in [3.8, 4) is 0 Å². The molecular formula is C18H19Cl2N2O2P. The quantitative estimate of drug-likeness (QED) is 0.510. The summed E-state index contributed by atoms with van der Waals surface area (Å²) in [7, 11) is -0.990. The highest BCUT2D eigenvalue weighted by atomic mass is 35.5. The lowest BCUT2D eigenvalue weighted by molar-refractivity contribution is -0.106. The van der Waals surface area contributed by atoms with E-state index in [-0.39, 0.29) is 6.41 Å². The van der Waals surface area contributed by atoms with E-state index in [1.807, 2.05) is 49.4 Å². The standard InChI is InChI=1S/C17H16Cl2NOP.CH3NO/c1-3-21-22(16-7-5-4-6-14(16)19)17-11(2)20-15-9-8-12(18)10-13(15)17;2-1-3/h4-10,20H,3H2,1-2H3;1H,(H2,2,3). The fourth-order valence-electron chi connectivity index (χ4n) is 2.55. The Hall–Kier alpha value is -1.58. The molecular weight excluding hydrogens is 378 g/mol. The second kappa shape index (κ2) is 9.21. The Morgan fingerprint density at radius 2 is 1.92 bits per heavy atom. The summed E-state index contributed by atoms with van der Waals surface area (Å²) in [4.78, 5) is 12.0. The molecule has 1 heterocycles. The molecule has 3 N–H and O–H groups in total. The SMILES string of the molecule is CCOP(c1ccccc1Cl)c1c(C)[nH]c2ccc(Cl)cc12.NC=O. The highest BCUT2D eigenvalue weighted by Gasteiger charge is 2.23. The smallest absolute Gasteiger partial charge is 0.204 e. The van der Waals surface area contributed by atoms with Crippen molar-refractivity contribution in [2.24, 2.45) is 5.73 Å². The summed E-state index contributed by atoms with van der Waals surface area (Å²) in [5.41, 5.74) is 6.33. The summed E-state index contributed by atoms with van der Waals surface area (Å²) in [6, 6.07) is 13.7. The molecule has 0 aliphatic carbocycles. The number of H-pyrrole nitrogens is 1. The van der Waals surface area contributed by atoms with Crippen LogP contribution in [0.3, 0.4) is 0 Å². The number of carbonyl (C=O) groups is 1. The molecule has 0 aliphatic heterocycles. The number of nitrogens with two attached hydrogens (primary N) is 1. The van der Waals surface area contributed by atoms with Crippen molar-refractivity contribution in [2.75, 3.05) is 6.61 Å². The summed E-state index contributed by atoms with van der Waals surface area (Å²) in [5.74, 6) is 0. The van der Waals surface area contributed by atoms with Crippen LogP contribution in [0.2, 0.25) is 10.0 Å². The van der Waals surface area contributed by atoms with Crippen molar-refractivity contribution in [3.05, 3.63) is 58.2 Å². The number of fused-ring (bicyclic) bond motifs is 1. The van der Waals surface area contributed by atoms with Gasteiger partial charge in [0.2, 0.25) is 6.41 Å². The van der Waals surface area contributed by atoms with Gasteiger partial charge >= 0.3 is 0 Å². The Kier molecular flexibility index (Phi) is 7.27. The molecule has 0 radical (unpaired) electrons. The van der Waals surface area contributed by atoms with Crippen LogP contribution in [0.15, 0.2) is 42.5 Å². The van der Waals surface area contributed by atoms with Gasteiger partial charge in [0.05, 0.1) is 13.2 Å². The number of nitrogens with one attached hydrogen (secondary N) is 1. The maximum absolute atomic E-state index is 8.58. The molecule has 3 aromatic rings. The van der Waals surface area contributed by atoms with E-state index in [4.69, 9.17) is 32.5 Å². The number of hydrogen-bond acceptors (Lipinski definition) is 2. The maximum Gasteiger partial charge on any atom is 0.204 e. The first kappa shape index (κ1) is 19.7. The van der Waals surface area contributed by atoms with E-state index in [0.29, 0.717) is 6.61 Å². The summed E-state index contributed by atoms with van der Waals surface area (Å²) in [6.07, 6.45) is 0.250. The first-order valence-corrected chi connectivity index (χ1v) is 9.65. The second-order valence-electron chi connectivity index (χ2n) is 5.09. The molecule has 25 heavy (non-hydrogen) atoms. The Morgan fingerprint density at radius 3 is 2.56 bits per heavy atom. The van der Waals surface area contributed by atoms with Crippen molar-refractivity contribution in [2.45, 2.75) is 13.8 Å². The van der Waals surface area contributed by atoms with Gasteiger partial charge in [0, 0.05) is 38.8 Å². The minimum atomic E-state index is -0.990. The molecule has 4 nitrogen and oxygen atoms in total. The maximum atomic E-state index is 8.58. The van der Waals surface area contributed by atoms with Gasteiger partial charge in [-0.15, -0.1) is 0 Å². The predicted octanol–water partition coefficient (Wildman–Crippen LogP) is 4.27. The summed E-state index contributed by atoms with van der Waals surface area (Å²) in [6.45, 7) is 4.70. The van der Waals surface area contributed by atoms with Gasteiger partial charge in [-0.1, -0.05) is 41.4 Å². The molecule has 0 saturated carbocycles. The van der Waals surface area contributed by atoms with Gasteiger partial charge in [-0.3, -0.25) is 4.79 Å². The largest absolute Gasteiger partial charge is 0.372 e. The minimum Gasteiger partial charge on any atom is -0.372 e. The van der Waals surface area contributed by atoms with Crippen LogP contribution in [0.1, 0.15) is 12.6 Å². The monoisotopic (exact) mass is 396 g/mol. The van der Waals surface area contributed by atoms with Gasteiger partial charge in [0.1, 0.15) is 0 Å². The molecule has 1 amide bonds. The number of hydrogen-bond donors (Lipinski definition) is 2. The van der Waals surface area contributed by atoms with Crippen LogP contribution >= 0.6 is 31.4 Å². The van der Waals surface area contributed by atoms with Crippen LogP contribution < -0.4 is 16.3 Å². The first-order chi connectivity index (χ1) is 12.0. The van der Waals surface area contributed by atoms with E-state index in [1.165, 1.54) is 0 Å². The number of amides is 1. The molecule has 0 aliphatic rings. The molecule has 0 fully saturated rings. The zero-order chi connectivity index (χ0) is 18.4. The Balaban J connectivity index is 0.000000701. The zero-order valence-electron chi connectivity index (χ0n) is 13.9. The Morgan fingerprint density at radius 1 is 1.24 bits per heavy atom. The van der Waals surface area contributed by atoms with E-state index in [0.717, 1.165) is 37.3 Å². The summed E-state index contributed by atoms with van der Waals surface area (Å²) in [5, 5.41) is 4.74. The number of rotatable bonds is 4. The Labute approximate surface area is 158 Å². The topological polar surface area (TPSA) is 68.1 Å². The van der Waals surface area contributed by atoms with Gasteiger partial charge in [-0.2, -0.15) is 0 Å². The lowest BCUT2D eigenvalue weighted by Crippen LogP contribution is -2.16. The molecule has 132 valence electrons. The third kappa shape index (κ3) is 4.53. The number of carbonyl (C=O) groups excluding carboxylic acids is 1. The van der Waals surface area contributed by atoms with Gasteiger partial charge < -0.3 is 15.2 Å². The van der Waals surface area contributed by atoms with E-state index in [9.17, 15) is 0 Å². The van der Waals surface area contributed by atoms with Gasteiger partial charge in [-0.05, 0) is 38.1 Å². The van der Waals surface area contributed by atoms with Gasteiger partial charge in [-0.25, -0.2) is 0 Å². The second-order valence-corrected chi connectivity index (χ2v) is 7.71. The third-order valence-corrected chi connectivity index (χ3v) is 6.47. The van der Waals surface area contributed by atoms with E-state index in [2.05, 4.69) is 17.6 Å². The molecule has 0 spiro atoms. The molecule has 1 aromatic heterocycles. The predicted molar refractivity (Wildman–Crippen MR) is 108 cm³/mol. The molecule has 1 unspecified atom stereocenters. The number of halogens is 2. The highest BCUT2D eigenvalue weighted by Crippen LogP contribution is 2.41. The number of aromatic amines is 1. The van der Waals surface area contributed by atoms with Crippen molar-refractivity contribution >= 4 is 59.3 Å². The van der Waals surface area contributed by atoms with Crippen molar-refractivity contribution < 1.29 is 9.32 Å². The van der Waals surface area contributed by atoms with Crippen LogP contribution in [0.5, 0.6) is 0 Å². The number of primary amides is 1. The third-order valence-electron chi connectivity index (χ3n) is 3.45. The van der Waals surface area contributed by atoms with E-state index >= 15 is 0 Å². The molecule has 0 saturated heterocycles. The van der Waals surface area contributed by atoms with E-state index < -0.39 is 8.15 Å². The average Bonchev–Trinajstić information content (AvgIpc) is 2.89. The highest BCUT2D eigenvalue weighted by molar-refractivity contribution is 7.69. The molecule has 0 bridgehead atoms. The van der Waals surface area contributed by atoms with Crippen molar-refractivity contribution in [3.63, 3.8) is 0 Å². The van der Waals surface area contributed by atoms with Crippen LogP contribution in [-0.2, 0) is 9.32 Å². The van der Waals surface area contributed by atoms with Crippen LogP contribution in [0, 0.1) is 6.92 Å². The van der Waals surface area contributed by atoms with Crippen molar-refractivity contribution in [1.29, 1.82) is 0 Å². The van der Waals surface area contributed by atoms with Gasteiger partial charge in [0.15, 0.2) is 0 Å². The Bertz CT molecular complexity index is 867.